The number of rotatable bonds is 7. The van der Waals surface area contributed by atoms with Gasteiger partial charge in [0, 0.05) is 15.6 Å². The van der Waals surface area contributed by atoms with Crippen LogP contribution in [0.3, 0.4) is 0 Å². The number of carbonyl (C=O) groups is 3. The van der Waals surface area contributed by atoms with E-state index in [1.54, 1.807) is 36.4 Å². The van der Waals surface area contributed by atoms with E-state index < -0.39 is 52.6 Å². The SMILES string of the molecule is O=C(CN1C(=O)S/C(=C\c2cc(Br)ccc2OCc2ccccc2F)C1=O)Nc1ccc(F)c(F)c1F. The Labute approximate surface area is 220 Å². The third kappa shape index (κ3) is 6.03. The highest BCUT2D eigenvalue weighted by Gasteiger charge is 2.36. The Hall–Kier alpha value is -3.64. The summed E-state index contributed by atoms with van der Waals surface area (Å²) >= 11 is 3.89. The first-order valence-electron chi connectivity index (χ1n) is 10.5. The molecule has 1 aliphatic rings. The van der Waals surface area contributed by atoms with Crippen molar-refractivity contribution in [3.63, 3.8) is 0 Å². The van der Waals surface area contributed by atoms with Crippen LogP contribution in [0.4, 0.5) is 28.0 Å². The molecule has 4 rings (SSSR count). The summed E-state index contributed by atoms with van der Waals surface area (Å²) < 4.78 is 60.6. The van der Waals surface area contributed by atoms with E-state index in [0.717, 1.165) is 6.07 Å². The molecule has 6 nitrogen and oxygen atoms in total. The van der Waals surface area contributed by atoms with Crippen LogP contribution in [0.25, 0.3) is 6.08 Å². The molecule has 0 unspecified atom stereocenters. The van der Waals surface area contributed by atoms with Crippen LogP contribution in [0.5, 0.6) is 5.75 Å². The first-order valence-corrected chi connectivity index (χ1v) is 12.1. The van der Waals surface area contributed by atoms with Gasteiger partial charge in [-0.15, -0.1) is 0 Å². The fourth-order valence-corrected chi connectivity index (χ4v) is 4.48. The number of ether oxygens (including phenoxy) is 1. The molecule has 0 aliphatic carbocycles. The van der Waals surface area contributed by atoms with Gasteiger partial charge >= 0.3 is 0 Å². The van der Waals surface area contributed by atoms with E-state index in [1.165, 1.54) is 12.1 Å². The molecule has 0 bridgehead atoms. The highest BCUT2D eigenvalue weighted by molar-refractivity contribution is 9.10. The second kappa shape index (κ2) is 11.2. The lowest BCUT2D eigenvalue weighted by Gasteiger charge is -2.13. The third-order valence-corrected chi connectivity index (χ3v) is 6.48. The van der Waals surface area contributed by atoms with Crippen molar-refractivity contribution in [3.8, 4) is 5.75 Å². The second-order valence-electron chi connectivity index (χ2n) is 7.60. The summed E-state index contributed by atoms with van der Waals surface area (Å²) in [4.78, 5) is 38.2. The molecule has 1 saturated heterocycles. The van der Waals surface area contributed by atoms with Crippen LogP contribution in [0.1, 0.15) is 11.1 Å². The summed E-state index contributed by atoms with van der Waals surface area (Å²) in [6.45, 7) is -0.868. The van der Waals surface area contributed by atoms with Crippen molar-refractivity contribution < 1.29 is 36.7 Å². The Morgan fingerprint density at radius 3 is 2.51 bits per heavy atom. The van der Waals surface area contributed by atoms with Crippen molar-refractivity contribution >= 4 is 56.5 Å². The van der Waals surface area contributed by atoms with Gasteiger partial charge in [0.05, 0.1) is 10.6 Å². The maximum atomic E-state index is 13.9. The largest absolute Gasteiger partial charge is 0.488 e. The van der Waals surface area contributed by atoms with E-state index in [4.69, 9.17) is 4.74 Å². The van der Waals surface area contributed by atoms with Gasteiger partial charge in [-0.2, -0.15) is 0 Å². The summed E-state index contributed by atoms with van der Waals surface area (Å²) in [6, 6.07) is 12.4. The van der Waals surface area contributed by atoms with Gasteiger partial charge in [0.15, 0.2) is 17.5 Å². The Morgan fingerprint density at radius 1 is 1.00 bits per heavy atom. The minimum atomic E-state index is -1.77. The summed E-state index contributed by atoms with van der Waals surface area (Å²) in [5.74, 6) is -6.74. The maximum absolute atomic E-state index is 13.9. The zero-order chi connectivity index (χ0) is 26.7. The minimum Gasteiger partial charge on any atom is -0.488 e. The quantitative estimate of drug-likeness (QED) is 0.198. The summed E-state index contributed by atoms with van der Waals surface area (Å²) in [5.41, 5.74) is 0.0851. The minimum absolute atomic E-state index is 0.0225. The predicted molar refractivity (Wildman–Crippen MR) is 132 cm³/mol. The van der Waals surface area contributed by atoms with E-state index in [2.05, 4.69) is 15.9 Å². The highest BCUT2D eigenvalue weighted by atomic mass is 79.9. The van der Waals surface area contributed by atoms with Crippen LogP contribution in [0.2, 0.25) is 0 Å². The first kappa shape index (κ1) is 26.4. The molecular formula is C25H15BrF4N2O4S. The van der Waals surface area contributed by atoms with E-state index in [0.29, 0.717) is 44.1 Å². The average Bonchev–Trinajstić information content (AvgIpc) is 3.12. The molecule has 37 heavy (non-hydrogen) atoms. The standard InChI is InChI=1S/C25H15BrF4N2O4S/c26-15-5-8-19(36-12-13-3-1-2-4-16(13)27)14(9-15)10-20-24(34)32(25(35)37-20)11-21(33)31-18-7-6-17(28)22(29)23(18)30/h1-10H,11-12H2,(H,31,33)/b20-10-. The molecule has 0 atom stereocenters. The molecule has 1 N–H and O–H groups in total. The lowest BCUT2D eigenvalue weighted by atomic mass is 10.1. The van der Waals surface area contributed by atoms with Gasteiger partial charge < -0.3 is 10.1 Å². The van der Waals surface area contributed by atoms with Crippen LogP contribution >= 0.6 is 27.7 Å². The Morgan fingerprint density at radius 2 is 1.76 bits per heavy atom. The molecule has 0 spiro atoms. The predicted octanol–water partition coefficient (Wildman–Crippen LogP) is 6.26. The van der Waals surface area contributed by atoms with Gasteiger partial charge in [0.25, 0.3) is 11.1 Å². The second-order valence-corrected chi connectivity index (χ2v) is 9.51. The van der Waals surface area contributed by atoms with E-state index in [-0.39, 0.29) is 11.5 Å². The van der Waals surface area contributed by atoms with Gasteiger partial charge in [-0.1, -0.05) is 34.1 Å². The molecule has 3 amide bonds. The number of benzene rings is 3. The van der Waals surface area contributed by atoms with Crippen molar-refractivity contribution in [2.45, 2.75) is 6.61 Å². The maximum Gasteiger partial charge on any atom is 0.294 e. The molecule has 1 fully saturated rings. The van der Waals surface area contributed by atoms with Crippen molar-refractivity contribution in [3.05, 3.63) is 98.4 Å². The number of hydrogen-bond acceptors (Lipinski definition) is 5. The molecule has 3 aromatic rings. The number of hydrogen-bond donors (Lipinski definition) is 1. The molecule has 190 valence electrons. The van der Waals surface area contributed by atoms with Gasteiger partial charge in [-0.05, 0) is 54.2 Å². The van der Waals surface area contributed by atoms with Crippen LogP contribution in [0.15, 0.2) is 64.0 Å². The van der Waals surface area contributed by atoms with Crippen LogP contribution in [0, 0.1) is 23.3 Å². The molecule has 0 aromatic heterocycles. The van der Waals surface area contributed by atoms with Gasteiger partial charge in [-0.25, -0.2) is 17.6 Å². The topological polar surface area (TPSA) is 75.7 Å². The van der Waals surface area contributed by atoms with E-state index in [9.17, 15) is 31.9 Å². The van der Waals surface area contributed by atoms with Crippen molar-refractivity contribution in [1.29, 1.82) is 0 Å². The number of nitrogens with zero attached hydrogens (tertiary/aromatic N) is 1. The summed E-state index contributed by atoms with van der Waals surface area (Å²) in [5, 5.41) is 1.25. The highest BCUT2D eigenvalue weighted by Crippen LogP contribution is 2.35. The van der Waals surface area contributed by atoms with Crippen molar-refractivity contribution in [1.82, 2.24) is 4.90 Å². The van der Waals surface area contributed by atoms with Crippen molar-refractivity contribution in [2.75, 3.05) is 11.9 Å². The Kier molecular flexibility index (Phi) is 7.98. The van der Waals surface area contributed by atoms with Gasteiger partial charge in [0.2, 0.25) is 5.91 Å². The van der Waals surface area contributed by atoms with Crippen molar-refractivity contribution in [2.24, 2.45) is 0 Å². The molecule has 1 aliphatic heterocycles. The number of halogens is 5. The molecule has 0 saturated carbocycles. The fraction of sp³-hybridized carbons (Fsp3) is 0.0800. The monoisotopic (exact) mass is 594 g/mol. The van der Waals surface area contributed by atoms with Crippen LogP contribution < -0.4 is 10.1 Å². The first-order chi connectivity index (χ1) is 17.6. The van der Waals surface area contributed by atoms with E-state index in [1.807, 2.05) is 5.32 Å². The number of amides is 3. The van der Waals surface area contributed by atoms with E-state index >= 15 is 0 Å². The van der Waals surface area contributed by atoms with Gasteiger partial charge in [0.1, 0.15) is 24.7 Å². The zero-order valence-electron chi connectivity index (χ0n) is 18.6. The molecule has 0 radical (unpaired) electrons. The molecule has 3 aromatic carbocycles. The number of carbonyl (C=O) groups excluding carboxylic acids is 3. The lowest BCUT2D eigenvalue weighted by Crippen LogP contribution is -2.36. The average molecular weight is 595 g/mol. The number of thioether (sulfide) groups is 1. The Bertz CT molecular complexity index is 1450. The smallest absolute Gasteiger partial charge is 0.294 e. The zero-order valence-corrected chi connectivity index (χ0v) is 21.0. The molecule has 1 heterocycles. The summed E-state index contributed by atoms with van der Waals surface area (Å²) in [6.07, 6.45) is 1.39. The fourth-order valence-electron chi connectivity index (χ4n) is 3.27. The number of anilines is 1. The normalized spacial score (nSPS) is 14.4. The number of imide groups is 1. The lowest BCUT2D eigenvalue weighted by molar-refractivity contribution is -0.127. The van der Waals surface area contributed by atoms with Crippen LogP contribution in [-0.4, -0.2) is 28.5 Å². The molecular weight excluding hydrogens is 580 g/mol. The molecule has 12 heteroatoms. The Balaban J connectivity index is 1.49. The van der Waals surface area contributed by atoms with Gasteiger partial charge in [-0.3, -0.25) is 19.3 Å². The third-order valence-electron chi connectivity index (χ3n) is 5.08. The van der Waals surface area contributed by atoms with Crippen LogP contribution in [-0.2, 0) is 16.2 Å². The number of nitrogens with one attached hydrogen (secondary N) is 1. The summed E-state index contributed by atoms with van der Waals surface area (Å²) in [7, 11) is 0.